The van der Waals surface area contributed by atoms with E-state index in [1.807, 2.05) is 18.2 Å². The van der Waals surface area contributed by atoms with Gasteiger partial charge in [0.25, 0.3) is 0 Å². The summed E-state index contributed by atoms with van der Waals surface area (Å²) in [5.41, 5.74) is 10.9. The van der Waals surface area contributed by atoms with Crippen LogP contribution in [-0.2, 0) is 0 Å². The number of hydrogen-bond donors (Lipinski definition) is 2. The first kappa shape index (κ1) is 13.7. The Balaban J connectivity index is 2.11. The molecule has 0 saturated carbocycles. The lowest BCUT2D eigenvalue weighted by molar-refractivity contribution is 0.414. The maximum Gasteiger partial charge on any atom is 0.118 e. The number of hydrogen-bond acceptors (Lipinski definition) is 2. The van der Waals surface area contributed by atoms with Crippen molar-refractivity contribution in [2.45, 2.75) is 12.8 Å². The minimum Gasteiger partial charge on any atom is -0.497 e. The number of nitrogens with one attached hydrogen (secondary N) is 1. The maximum absolute atomic E-state index is 6.08. The zero-order valence-corrected chi connectivity index (χ0v) is 12.4. The fourth-order valence-corrected chi connectivity index (χ4v) is 3.00. The summed E-state index contributed by atoms with van der Waals surface area (Å²) in [6, 6.07) is 16.5. The molecule has 0 saturated heterocycles. The van der Waals surface area contributed by atoms with E-state index in [4.69, 9.17) is 10.5 Å². The van der Waals surface area contributed by atoms with Crippen molar-refractivity contribution >= 4 is 10.9 Å². The number of para-hydroxylation sites is 1. The fourth-order valence-electron chi connectivity index (χ4n) is 3.00. The highest BCUT2D eigenvalue weighted by atomic mass is 16.5. The number of rotatable bonds is 4. The molecule has 0 bridgehead atoms. The number of aromatic nitrogens is 1. The van der Waals surface area contributed by atoms with Crippen molar-refractivity contribution in [2.75, 3.05) is 13.7 Å². The summed E-state index contributed by atoms with van der Waals surface area (Å²) in [4.78, 5) is 3.45. The van der Waals surface area contributed by atoms with Crippen molar-refractivity contribution in [3.63, 3.8) is 0 Å². The van der Waals surface area contributed by atoms with Gasteiger partial charge in [0.05, 0.1) is 7.11 Å². The highest BCUT2D eigenvalue weighted by Crippen LogP contribution is 2.33. The van der Waals surface area contributed by atoms with Gasteiger partial charge in [-0.25, -0.2) is 0 Å². The Labute approximate surface area is 124 Å². The topological polar surface area (TPSA) is 51.0 Å². The van der Waals surface area contributed by atoms with E-state index < -0.39 is 0 Å². The van der Waals surface area contributed by atoms with Crippen molar-refractivity contribution in [3.8, 4) is 5.75 Å². The van der Waals surface area contributed by atoms with Crippen LogP contribution in [0.1, 0.15) is 22.7 Å². The zero-order valence-electron chi connectivity index (χ0n) is 12.4. The molecule has 1 unspecified atom stereocenters. The molecular weight excluding hydrogens is 260 g/mol. The normalized spacial score (nSPS) is 12.5. The van der Waals surface area contributed by atoms with Gasteiger partial charge in [-0.05, 0) is 36.2 Å². The number of methoxy groups -OCH3 is 1. The summed E-state index contributed by atoms with van der Waals surface area (Å²) >= 11 is 0. The third-order valence-electron chi connectivity index (χ3n) is 4.05. The lowest BCUT2D eigenvalue weighted by atomic mass is 9.89. The second-order valence-electron chi connectivity index (χ2n) is 5.27. The SMILES string of the molecule is COc1ccc(C(CN)c2c(C)[nH]c3ccccc23)cc1. The summed E-state index contributed by atoms with van der Waals surface area (Å²) in [5, 5.41) is 1.25. The largest absolute Gasteiger partial charge is 0.497 e. The van der Waals surface area contributed by atoms with Gasteiger partial charge in [0.15, 0.2) is 0 Å². The van der Waals surface area contributed by atoms with Crippen LogP contribution in [0.4, 0.5) is 0 Å². The maximum atomic E-state index is 6.08. The summed E-state index contributed by atoms with van der Waals surface area (Å²) < 4.78 is 5.23. The number of aromatic amines is 1. The van der Waals surface area contributed by atoms with E-state index in [2.05, 4.69) is 42.2 Å². The fraction of sp³-hybridized carbons (Fsp3) is 0.222. The molecule has 3 heteroatoms. The summed E-state index contributed by atoms with van der Waals surface area (Å²) in [6.07, 6.45) is 0. The molecule has 108 valence electrons. The van der Waals surface area contributed by atoms with E-state index in [0.717, 1.165) is 11.3 Å². The van der Waals surface area contributed by atoms with Gasteiger partial charge >= 0.3 is 0 Å². The monoisotopic (exact) mass is 280 g/mol. The number of fused-ring (bicyclic) bond motifs is 1. The van der Waals surface area contributed by atoms with Crippen LogP contribution in [0, 0.1) is 6.92 Å². The Bertz CT molecular complexity index is 744. The van der Waals surface area contributed by atoms with Crippen molar-refractivity contribution in [2.24, 2.45) is 5.73 Å². The minimum absolute atomic E-state index is 0.187. The quantitative estimate of drug-likeness (QED) is 0.767. The molecule has 2 aromatic carbocycles. The van der Waals surface area contributed by atoms with Crippen LogP contribution in [0.15, 0.2) is 48.5 Å². The van der Waals surface area contributed by atoms with Crippen molar-refractivity contribution in [1.29, 1.82) is 0 Å². The molecule has 1 heterocycles. The second-order valence-corrected chi connectivity index (χ2v) is 5.27. The molecule has 0 spiro atoms. The lowest BCUT2D eigenvalue weighted by Crippen LogP contribution is -2.14. The van der Waals surface area contributed by atoms with Crippen LogP contribution < -0.4 is 10.5 Å². The molecule has 1 aromatic heterocycles. The van der Waals surface area contributed by atoms with Crippen LogP contribution in [0.3, 0.4) is 0 Å². The number of ether oxygens (including phenoxy) is 1. The third-order valence-corrected chi connectivity index (χ3v) is 4.05. The number of nitrogens with two attached hydrogens (primary N) is 1. The van der Waals surface area contributed by atoms with Crippen LogP contribution in [-0.4, -0.2) is 18.6 Å². The summed E-state index contributed by atoms with van der Waals surface area (Å²) in [5.74, 6) is 1.05. The molecule has 3 nitrogen and oxygen atoms in total. The minimum atomic E-state index is 0.187. The standard InChI is InChI=1S/C18H20N2O/c1-12-18(15-5-3-4-6-17(15)20-12)16(11-19)13-7-9-14(21-2)10-8-13/h3-10,16,20H,11,19H2,1-2H3. The average Bonchev–Trinajstić information content (AvgIpc) is 2.85. The van der Waals surface area contributed by atoms with Crippen molar-refractivity contribution < 1.29 is 4.74 Å². The highest BCUT2D eigenvalue weighted by molar-refractivity contribution is 5.85. The van der Waals surface area contributed by atoms with Gasteiger partial charge in [-0.2, -0.15) is 0 Å². The first-order valence-electron chi connectivity index (χ1n) is 7.15. The Morgan fingerprint density at radius 3 is 2.48 bits per heavy atom. The van der Waals surface area contributed by atoms with E-state index in [-0.39, 0.29) is 5.92 Å². The highest BCUT2D eigenvalue weighted by Gasteiger charge is 2.19. The van der Waals surface area contributed by atoms with E-state index in [1.165, 1.54) is 22.2 Å². The van der Waals surface area contributed by atoms with Crippen LogP contribution >= 0.6 is 0 Å². The second kappa shape index (κ2) is 5.62. The van der Waals surface area contributed by atoms with Gasteiger partial charge in [-0.15, -0.1) is 0 Å². The predicted molar refractivity (Wildman–Crippen MR) is 86.9 cm³/mol. The molecule has 0 radical (unpaired) electrons. The molecular formula is C18H20N2O. The van der Waals surface area contributed by atoms with Gasteiger partial charge in [-0.3, -0.25) is 0 Å². The molecule has 1 atom stereocenters. The Morgan fingerprint density at radius 2 is 1.81 bits per heavy atom. The predicted octanol–water partition coefficient (Wildman–Crippen LogP) is 3.58. The Kier molecular flexibility index (Phi) is 3.67. The number of H-pyrrole nitrogens is 1. The first-order chi connectivity index (χ1) is 10.2. The van der Waals surface area contributed by atoms with Gasteiger partial charge in [-0.1, -0.05) is 30.3 Å². The van der Waals surface area contributed by atoms with Crippen LogP contribution in [0.25, 0.3) is 10.9 Å². The van der Waals surface area contributed by atoms with E-state index in [9.17, 15) is 0 Å². The lowest BCUT2D eigenvalue weighted by Gasteiger charge is -2.17. The van der Waals surface area contributed by atoms with Gasteiger partial charge in [0, 0.05) is 29.1 Å². The molecule has 0 aliphatic heterocycles. The van der Waals surface area contributed by atoms with Crippen molar-refractivity contribution in [3.05, 3.63) is 65.4 Å². The van der Waals surface area contributed by atoms with E-state index >= 15 is 0 Å². The average molecular weight is 280 g/mol. The smallest absolute Gasteiger partial charge is 0.118 e. The van der Waals surface area contributed by atoms with Crippen LogP contribution in [0.5, 0.6) is 5.75 Å². The van der Waals surface area contributed by atoms with Gasteiger partial charge < -0.3 is 15.5 Å². The Morgan fingerprint density at radius 1 is 1.10 bits per heavy atom. The van der Waals surface area contributed by atoms with E-state index in [1.54, 1.807) is 7.11 Å². The molecule has 0 fully saturated rings. The van der Waals surface area contributed by atoms with Crippen LogP contribution in [0.2, 0.25) is 0 Å². The van der Waals surface area contributed by atoms with E-state index in [0.29, 0.717) is 6.54 Å². The molecule has 0 amide bonds. The first-order valence-corrected chi connectivity index (χ1v) is 7.15. The molecule has 3 N–H and O–H groups in total. The third kappa shape index (κ3) is 2.41. The molecule has 3 aromatic rings. The van der Waals surface area contributed by atoms with Gasteiger partial charge in [0.1, 0.15) is 5.75 Å². The molecule has 0 aliphatic carbocycles. The molecule has 0 aliphatic rings. The summed E-state index contributed by atoms with van der Waals surface area (Å²) in [7, 11) is 1.68. The van der Waals surface area contributed by atoms with Crippen molar-refractivity contribution in [1.82, 2.24) is 4.98 Å². The Hall–Kier alpha value is -2.26. The number of aryl methyl sites for hydroxylation is 1. The number of benzene rings is 2. The molecule has 3 rings (SSSR count). The van der Waals surface area contributed by atoms with Gasteiger partial charge in [0.2, 0.25) is 0 Å². The molecule has 21 heavy (non-hydrogen) atoms. The summed E-state index contributed by atoms with van der Waals surface area (Å²) in [6.45, 7) is 2.69. The zero-order chi connectivity index (χ0) is 14.8.